The van der Waals surface area contributed by atoms with Crippen molar-refractivity contribution in [1.29, 1.82) is 0 Å². The highest BCUT2D eigenvalue weighted by atomic mass is 16.5. The molecule has 0 bridgehead atoms. The van der Waals surface area contributed by atoms with Crippen LogP contribution in [0.3, 0.4) is 0 Å². The molecular formula is C15H19NO2. The molecule has 2 aliphatic rings. The zero-order chi connectivity index (χ0) is 12.4. The van der Waals surface area contributed by atoms with Gasteiger partial charge in [-0.15, -0.1) is 0 Å². The molecule has 1 fully saturated rings. The number of benzene rings is 1. The molecule has 1 saturated carbocycles. The Morgan fingerprint density at radius 1 is 1.33 bits per heavy atom. The number of nitrogens with one attached hydrogen (secondary N) is 1. The van der Waals surface area contributed by atoms with Gasteiger partial charge in [-0.25, -0.2) is 0 Å². The second-order valence-corrected chi connectivity index (χ2v) is 5.27. The van der Waals surface area contributed by atoms with Crippen molar-refractivity contribution in [2.24, 2.45) is 5.92 Å². The van der Waals surface area contributed by atoms with Gasteiger partial charge in [0.1, 0.15) is 5.92 Å². The summed E-state index contributed by atoms with van der Waals surface area (Å²) in [6.07, 6.45) is 5.00. The van der Waals surface area contributed by atoms with Crippen molar-refractivity contribution >= 4 is 11.7 Å². The van der Waals surface area contributed by atoms with Gasteiger partial charge in [-0.1, -0.05) is 37.5 Å². The summed E-state index contributed by atoms with van der Waals surface area (Å²) in [5.74, 6) is 0.598. The van der Waals surface area contributed by atoms with E-state index in [2.05, 4.69) is 5.32 Å². The molecule has 0 spiro atoms. The van der Waals surface area contributed by atoms with Crippen LogP contribution in [0.1, 0.15) is 37.2 Å². The number of fused-ring (bicyclic) bond motifs is 1. The highest BCUT2D eigenvalue weighted by molar-refractivity contribution is 5.83. The Balaban J connectivity index is 1.53. The number of ether oxygens (including phenoxy) is 1. The van der Waals surface area contributed by atoms with E-state index in [0.717, 1.165) is 23.6 Å². The molecule has 1 aromatic carbocycles. The standard InChI is InChI=1S/C15H19NO2/c17-15(18-9-8-11-4-3-5-11)13-10-16-14-7-2-1-6-12(13)14/h1-2,6-7,11,13,16H,3-5,8-10H2. The summed E-state index contributed by atoms with van der Waals surface area (Å²) in [5.41, 5.74) is 2.14. The Morgan fingerprint density at radius 2 is 2.17 bits per heavy atom. The van der Waals surface area contributed by atoms with Crippen molar-refractivity contribution in [3.63, 3.8) is 0 Å². The molecule has 3 nitrogen and oxygen atoms in total. The summed E-state index contributed by atoms with van der Waals surface area (Å²) in [5, 5.41) is 3.25. The van der Waals surface area contributed by atoms with Gasteiger partial charge < -0.3 is 10.1 Å². The van der Waals surface area contributed by atoms with Crippen LogP contribution in [0.2, 0.25) is 0 Å². The Labute approximate surface area is 108 Å². The predicted molar refractivity (Wildman–Crippen MR) is 70.6 cm³/mol. The van der Waals surface area contributed by atoms with Gasteiger partial charge >= 0.3 is 5.97 Å². The predicted octanol–water partition coefficient (Wildman–Crippen LogP) is 2.93. The number of hydrogen-bond acceptors (Lipinski definition) is 3. The minimum atomic E-state index is -0.123. The average Bonchev–Trinajstić information content (AvgIpc) is 2.76. The molecule has 1 unspecified atom stereocenters. The molecule has 1 aliphatic heterocycles. The van der Waals surface area contributed by atoms with Crippen LogP contribution < -0.4 is 5.32 Å². The number of carbonyl (C=O) groups is 1. The molecule has 1 heterocycles. The summed E-state index contributed by atoms with van der Waals surface area (Å²) in [4.78, 5) is 12.0. The van der Waals surface area contributed by atoms with E-state index >= 15 is 0 Å². The van der Waals surface area contributed by atoms with Gasteiger partial charge in [0.05, 0.1) is 6.61 Å². The third-order valence-electron chi connectivity index (χ3n) is 4.11. The van der Waals surface area contributed by atoms with Gasteiger partial charge in [-0.2, -0.15) is 0 Å². The van der Waals surface area contributed by atoms with Crippen molar-refractivity contribution in [3.05, 3.63) is 29.8 Å². The van der Waals surface area contributed by atoms with Gasteiger partial charge in [0.2, 0.25) is 0 Å². The minimum Gasteiger partial charge on any atom is -0.465 e. The number of rotatable bonds is 4. The Morgan fingerprint density at radius 3 is 2.94 bits per heavy atom. The Bertz CT molecular complexity index is 440. The lowest BCUT2D eigenvalue weighted by molar-refractivity contribution is -0.145. The van der Waals surface area contributed by atoms with Gasteiger partial charge in [0.15, 0.2) is 0 Å². The summed E-state index contributed by atoms with van der Waals surface area (Å²) >= 11 is 0. The summed E-state index contributed by atoms with van der Waals surface area (Å²) in [6, 6.07) is 7.97. The molecule has 18 heavy (non-hydrogen) atoms. The highest BCUT2D eigenvalue weighted by Gasteiger charge is 2.29. The number of carbonyl (C=O) groups excluding carboxylic acids is 1. The van der Waals surface area contributed by atoms with E-state index in [9.17, 15) is 4.79 Å². The Hall–Kier alpha value is -1.51. The van der Waals surface area contributed by atoms with Gasteiger partial charge in [-0.05, 0) is 24.0 Å². The summed E-state index contributed by atoms with van der Waals surface area (Å²) in [7, 11) is 0. The van der Waals surface area contributed by atoms with Crippen LogP contribution in [0.4, 0.5) is 5.69 Å². The maximum absolute atomic E-state index is 12.0. The van der Waals surface area contributed by atoms with Crippen LogP contribution in [0.15, 0.2) is 24.3 Å². The fourth-order valence-corrected chi connectivity index (χ4v) is 2.70. The van der Waals surface area contributed by atoms with Crippen LogP contribution in [-0.2, 0) is 9.53 Å². The first kappa shape index (κ1) is 11.6. The molecule has 1 aliphatic carbocycles. The van der Waals surface area contributed by atoms with Gasteiger partial charge in [0, 0.05) is 12.2 Å². The normalized spacial score (nSPS) is 21.9. The van der Waals surface area contributed by atoms with E-state index in [4.69, 9.17) is 4.74 Å². The van der Waals surface area contributed by atoms with E-state index in [1.54, 1.807) is 0 Å². The maximum Gasteiger partial charge on any atom is 0.315 e. The highest BCUT2D eigenvalue weighted by Crippen LogP contribution is 2.32. The molecule has 96 valence electrons. The summed E-state index contributed by atoms with van der Waals surface area (Å²) in [6.45, 7) is 1.25. The van der Waals surface area contributed by atoms with E-state index in [0.29, 0.717) is 13.2 Å². The fraction of sp³-hybridized carbons (Fsp3) is 0.533. The monoisotopic (exact) mass is 245 g/mol. The van der Waals surface area contributed by atoms with Gasteiger partial charge in [-0.3, -0.25) is 4.79 Å². The molecule has 1 atom stereocenters. The van der Waals surface area contributed by atoms with Crippen molar-refractivity contribution in [3.8, 4) is 0 Å². The molecule has 0 saturated heterocycles. The average molecular weight is 245 g/mol. The van der Waals surface area contributed by atoms with Crippen LogP contribution >= 0.6 is 0 Å². The van der Waals surface area contributed by atoms with Crippen LogP contribution in [0.5, 0.6) is 0 Å². The molecule has 0 radical (unpaired) electrons. The van der Waals surface area contributed by atoms with Crippen molar-refractivity contribution in [1.82, 2.24) is 0 Å². The first-order valence-electron chi connectivity index (χ1n) is 6.84. The number of esters is 1. The topological polar surface area (TPSA) is 38.3 Å². The number of para-hydroxylation sites is 1. The lowest BCUT2D eigenvalue weighted by atomic mass is 9.83. The van der Waals surface area contributed by atoms with E-state index in [1.165, 1.54) is 19.3 Å². The van der Waals surface area contributed by atoms with Crippen molar-refractivity contribution in [2.45, 2.75) is 31.6 Å². The van der Waals surface area contributed by atoms with Crippen molar-refractivity contribution < 1.29 is 9.53 Å². The largest absolute Gasteiger partial charge is 0.465 e. The second-order valence-electron chi connectivity index (χ2n) is 5.27. The number of anilines is 1. The molecule has 1 aromatic rings. The zero-order valence-electron chi connectivity index (χ0n) is 10.5. The van der Waals surface area contributed by atoms with E-state index in [1.807, 2.05) is 24.3 Å². The molecule has 1 N–H and O–H groups in total. The third-order valence-corrected chi connectivity index (χ3v) is 4.11. The summed E-state index contributed by atoms with van der Waals surface area (Å²) < 4.78 is 5.41. The van der Waals surface area contributed by atoms with Crippen LogP contribution in [0.25, 0.3) is 0 Å². The molecule has 3 heteroatoms. The third kappa shape index (κ3) is 2.22. The molecule has 0 amide bonds. The smallest absolute Gasteiger partial charge is 0.315 e. The SMILES string of the molecule is O=C(OCCC1CCC1)C1CNc2ccccc21. The molecule has 3 rings (SSSR count). The van der Waals surface area contributed by atoms with Gasteiger partial charge in [0.25, 0.3) is 0 Å². The molecular weight excluding hydrogens is 226 g/mol. The van der Waals surface area contributed by atoms with Crippen molar-refractivity contribution in [2.75, 3.05) is 18.5 Å². The Kier molecular flexibility index (Phi) is 3.22. The number of hydrogen-bond donors (Lipinski definition) is 1. The van der Waals surface area contributed by atoms with Crippen LogP contribution in [0, 0.1) is 5.92 Å². The first-order chi connectivity index (χ1) is 8.84. The lowest BCUT2D eigenvalue weighted by Crippen LogP contribution is -2.20. The maximum atomic E-state index is 12.0. The second kappa shape index (κ2) is 5.01. The fourth-order valence-electron chi connectivity index (χ4n) is 2.70. The van der Waals surface area contributed by atoms with E-state index in [-0.39, 0.29) is 11.9 Å². The lowest BCUT2D eigenvalue weighted by Gasteiger charge is -2.25. The quantitative estimate of drug-likeness (QED) is 0.829. The van der Waals surface area contributed by atoms with E-state index < -0.39 is 0 Å². The zero-order valence-corrected chi connectivity index (χ0v) is 10.5. The van der Waals surface area contributed by atoms with Crippen LogP contribution in [-0.4, -0.2) is 19.1 Å². The molecule has 0 aromatic heterocycles. The minimum absolute atomic E-state index is 0.0771. The first-order valence-corrected chi connectivity index (χ1v) is 6.84.